The maximum Gasteiger partial charge on any atom is 0.293 e. The molecule has 2 aromatic carbocycles. The summed E-state index contributed by atoms with van der Waals surface area (Å²) >= 11 is 6.04. The van der Waals surface area contributed by atoms with Gasteiger partial charge in [0.25, 0.3) is 5.69 Å². The summed E-state index contributed by atoms with van der Waals surface area (Å²) in [5.41, 5.74) is 1.68. The van der Waals surface area contributed by atoms with E-state index in [2.05, 4.69) is 15.3 Å². The van der Waals surface area contributed by atoms with Gasteiger partial charge >= 0.3 is 0 Å². The lowest BCUT2D eigenvalue weighted by Crippen LogP contribution is -2.02. The first-order valence-electron chi connectivity index (χ1n) is 7.95. The monoisotopic (exact) mass is 366 g/mol. The van der Waals surface area contributed by atoms with E-state index < -0.39 is 4.92 Å². The molecule has 128 valence electrons. The second-order valence-corrected chi connectivity index (χ2v) is 5.85. The van der Waals surface area contributed by atoms with Gasteiger partial charge in [0, 0.05) is 22.6 Å². The highest BCUT2D eigenvalue weighted by Gasteiger charge is 2.19. The molecule has 0 atom stereocenters. The second kappa shape index (κ2) is 7.17. The van der Waals surface area contributed by atoms with Crippen LogP contribution in [0.1, 0.15) is 12.5 Å². The largest absolute Gasteiger partial charge is 0.334 e. The lowest BCUT2D eigenvalue weighted by atomic mass is 10.1. The van der Waals surface area contributed by atoms with E-state index in [1.807, 2.05) is 6.07 Å². The standard InChI is InChI=1S/C18H12ClN5O2/c1-11-7-12(3-2-6-20)8-16(24(25)26)17(11)23-18-14-9-13(19)4-5-15(14)21-10-22-18/h2-5,7-10H,1H3,(H,21,22,23)/i10D. The van der Waals surface area contributed by atoms with Gasteiger partial charge in [0.1, 0.15) is 19.2 Å². The number of rotatable bonds is 4. The topological polar surface area (TPSA) is 105 Å². The average molecular weight is 367 g/mol. The van der Waals surface area contributed by atoms with Crippen LogP contribution in [0.5, 0.6) is 0 Å². The fourth-order valence-corrected chi connectivity index (χ4v) is 2.70. The molecule has 0 aliphatic heterocycles. The quantitative estimate of drug-likeness (QED) is 0.404. The Morgan fingerprint density at radius 3 is 2.92 bits per heavy atom. The Balaban J connectivity index is 2.17. The third-order valence-corrected chi connectivity index (χ3v) is 3.91. The number of hydrogen-bond acceptors (Lipinski definition) is 6. The highest BCUT2D eigenvalue weighted by molar-refractivity contribution is 6.31. The van der Waals surface area contributed by atoms with Crippen molar-refractivity contribution in [3.05, 3.63) is 69.0 Å². The van der Waals surface area contributed by atoms with Crippen molar-refractivity contribution in [2.45, 2.75) is 6.92 Å². The predicted molar refractivity (Wildman–Crippen MR) is 100 cm³/mol. The van der Waals surface area contributed by atoms with Crippen LogP contribution >= 0.6 is 11.6 Å². The Bertz CT molecular complexity index is 1140. The number of anilines is 2. The first-order chi connectivity index (χ1) is 12.9. The fourth-order valence-electron chi connectivity index (χ4n) is 2.53. The molecule has 0 saturated carbocycles. The van der Waals surface area contributed by atoms with Gasteiger partial charge in [-0.2, -0.15) is 5.26 Å². The average Bonchev–Trinajstić information content (AvgIpc) is 2.62. The maximum atomic E-state index is 11.6. The van der Waals surface area contributed by atoms with Crippen molar-refractivity contribution < 1.29 is 6.29 Å². The molecular formula is C18H12ClN5O2. The molecule has 0 fully saturated rings. The SMILES string of the molecule is [2H]c1nc(Nc2c(C)cc(C=CC#N)cc2[N+](=O)[O-])c2cc(Cl)ccc2n1. The van der Waals surface area contributed by atoms with Gasteiger partial charge in [-0.05, 0) is 48.4 Å². The van der Waals surface area contributed by atoms with E-state index in [9.17, 15) is 10.1 Å². The number of nitrogens with zero attached hydrogens (tertiary/aromatic N) is 4. The molecule has 26 heavy (non-hydrogen) atoms. The summed E-state index contributed by atoms with van der Waals surface area (Å²) in [7, 11) is 0. The van der Waals surface area contributed by atoms with Crippen LogP contribution in [0.25, 0.3) is 17.0 Å². The van der Waals surface area contributed by atoms with Crippen molar-refractivity contribution in [2.24, 2.45) is 0 Å². The fraction of sp³-hybridized carbons (Fsp3) is 0.0556. The summed E-state index contributed by atoms with van der Waals surface area (Å²) in [5, 5.41) is 24.2. The van der Waals surface area contributed by atoms with Crippen molar-refractivity contribution in [1.29, 1.82) is 5.26 Å². The van der Waals surface area contributed by atoms with Gasteiger partial charge in [0.15, 0.2) is 0 Å². The Hall–Kier alpha value is -3.50. The smallest absolute Gasteiger partial charge is 0.293 e. The van der Waals surface area contributed by atoms with Crippen LogP contribution < -0.4 is 5.32 Å². The van der Waals surface area contributed by atoms with Crippen molar-refractivity contribution >= 4 is 45.8 Å². The number of allylic oxidation sites excluding steroid dienone is 1. The third kappa shape index (κ3) is 3.45. The number of nitrogens with one attached hydrogen (secondary N) is 1. The highest BCUT2D eigenvalue weighted by Crippen LogP contribution is 2.34. The number of halogens is 1. The summed E-state index contributed by atoms with van der Waals surface area (Å²) in [6, 6.07) is 9.85. The van der Waals surface area contributed by atoms with Crippen LogP contribution in [0.3, 0.4) is 0 Å². The lowest BCUT2D eigenvalue weighted by Gasteiger charge is -2.12. The molecule has 0 aliphatic rings. The first kappa shape index (κ1) is 16.0. The molecule has 0 spiro atoms. The minimum Gasteiger partial charge on any atom is -0.334 e. The zero-order valence-corrected chi connectivity index (χ0v) is 14.3. The number of nitriles is 1. The zero-order valence-electron chi connectivity index (χ0n) is 14.5. The molecule has 1 N–H and O–H groups in total. The van der Waals surface area contributed by atoms with E-state index in [-0.39, 0.29) is 23.5 Å². The number of fused-ring (bicyclic) bond motifs is 1. The van der Waals surface area contributed by atoms with Crippen molar-refractivity contribution in [3.63, 3.8) is 0 Å². The molecule has 3 rings (SSSR count). The molecule has 1 aromatic heterocycles. The molecule has 1 heterocycles. The molecule has 0 aliphatic carbocycles. The summed E-state index contributed by atoms with van der Waals surface area (Å²) in [6.07, 6.45) is 2.52. The molecular weight excluding hydrogens is 354 g/mol. The molecule has 3 aromatic rings. The van der Waals surface area contributed by atoms with E-state index in [1.165, 1.54) is 18.2 Å². The summed E-state index contributed by atoms with van der Waals surface area (Å²) in [5.74, 6) is 0.249. The molecule has 0 bridgehead atoms. The number of hydrogen-bond donors (Lipinski definition) is 1. The molecule has 7 nitrogen and oxygen atoms in total. The highest BCUT2D eigenvalue weighted by atomic mass is 35.5. The molecule has 0 amide bonds. The first-order valence-corrected chi connectivity index (χ1v) is 7.83. The Morgan fingerprint density at radius 1 is 1.38 bits per heavy atom. The summed E-state index contributed by atoms with van der Waals surface area (Å²) < 4.78 is 7.77. The van der Waals surface area contributed by atoms with Gasteiger partial charge in [-0.15, -0.1) is 0 Å². The minimum atomic E-state index is -0.517. The number of nitro benzene ring substituents is 1. The number of aryl methyl sites for hydroxylation is 1. The van der Waals surface area contributed by atoms with E-state index >= 15 is 0 Å². The van der Waals surface area contributed by atoms with E-state index in [0.717, 1.165) is 0 Å². The normalized spacial score (nSPS) is 11.3. The van der Waals surface area contributed by atoms with Gasteiger partial charge in [-0.3, -0.25) is 10.1 Å². The molecule has 8 heteroatoms. The Morgan fingerprint density at radius 2 is 2.19 bits per heavy atom. The number of benzene rings is 2. The van der Waals surface area contributed by atoms with Gasteiger partial charge in [0.05, 0.1) is 16.5 Å². The lowest BCUT2D eigenvalue weighted by molar-refractivity contribution is -0.384. The predicted octanol–water partition coefficient (Wildman–Crippen LogP) is 4.78. The van der Waals surface area contributed by atoms with E-state index in [4.69, 9.17) is 18.2 Å². The van der Waals surface area contributed by atoms with Crippen LogP contribution in [0.2, 0.25) is 5.02 Å². The number of aromatic nitrogens is 2. The molecule has 0 unspecified atom stereocenters. The van der Waals surface area contributed by atoms with Gasteiger partial charge in [-0.25, -0.2) is 9.97 Å². The number of nitro groups is 1. The van der Waals surface area contributed by atoms with Crippen LogP contribution in [-0.2, 0) is 0 Å². The van der Waals surface area contributed by atoms with Crippen LogP contribution in [-0.4, -0.2) is 14.9 Å². The van der Waals surface area contributed by atoms with E-state index in [0.29, 0.717) is 27.1 Å². The van der Waals surface area contributed by atoms with E-state index in [1.54, 1.807) is 31.2 Å². The maximum absolute atomic E-state index is 11.6. The van der Waals surface area contributed by atoms with Crippen LogP contribution in [0.4, 0.5) is 17.2 Å². The van der Waals surface area contributed by atoms with Crippen molar-refractivity contribution in [1.82, 2.24) is 9.97 Å². The Kier molecular flexibility index (Phi) is 4.41. The zero-order chi connectivity index (χ0) is 19.6. The van der Waals surface area contributed by atoms with Gasteiger partial charge in [0.2, 0.25) is 0 Å². The second-order valence-electron chi connectivity index (χ2n) is 5.41. The Labute approximate surface area is 155 Å². The molecule has 0 saturated heterocycles. The van der Waals surface area contributed by atoms with Crippen LogP contribution in [0.15, 0.2) is 42.7 Å². The van der Waals surface area contributed by atoms with Crippen molar-refractivity contribution in [3.8, 4) is 6.07 Å². The van der Waals surface area contributed by atoms with Crippen LogP contribution in [0, 0.1) is 28.4 Å². The molecule has 0 radical (unpaired) electrons. The summed E-state index contributed by atoms with van der Waals surface area (Å²) in [6.45, 7) is 1.71. The van der Waals surface area contributed by atoms with Crippen molar-refractivity contribution in [2.75, 3.05) is 5.32 Å². The third-order valence-electron chi connectivity index (χ3n) is 3.67. The summed E-state index contributed by atoms with van der Waals surface area (Å²) in [4.78, 5) is 19.1. The van der Waals surface area contributed by atoms with Gasteiger partial charge in [-0.1, -0.05) is 11.6 Å². The minimum absolute atomic E-state index is 0.173. The van der Waals surface area contributed by atoms with Gasteiger partial charge < -0.3 is 5.32 Å².